The molecule has 31 nitrogen and oxygen atoms in total. The number of amides is 7. The Kier molecular flexibility index (Phi) is 24.0. The second-order valence-electron chi connectivity index (χ2n) is 26.9. The summed E-state index contributed by atoms with van der Waals surface area (Å²) in [7, 11) is -5.22. The molecule has 4 aliphatic heterocycles. The van der Waals surface area contributed by atoms with Crippen LogP contribution >= 0.6 is 11.3 Å². The summed E-state index contributed by atoms with van der Waals surface area (Å²) in [5.41, 5.74) is 8.24. The summed E-state index contributed by atoms with van der Waals surface area (Å²) in [5.74, 6) is -8.87. The number of fused-ring (bicyclic) bond motifs is 2. The Balaban J connectivity index is 0.828. The molecule has 2 saturated carbocycles. The molecule has 2 aromatic carbocycles. The molecule has 13 atom stereocenters. The molecule has 6 fully saturated rings. The van der Waals surface area contributed by atoms with Crippen molar-refractivity contribution in [3.63, 3.8) is 0 Å². The Morgan fingerprint density at radius 3 is 2.08 bits per heavy atom. The summed E-state index contributed by atoms with van der Waals surface area (Å²) >= 11 is 1.52. The number of nitrogens with one attached hydrogen (secondary N) is 5. The number of aliphatic hydroxyl groups excluding tert-OH is 6. The lowest BCUT2D eigenvalue weighted by Crippen LogP contribution is -2.64. The van der Waals surface area contributed by atoms with Crippen molar-refractivity contribution in [3.05, 3.63) is 71.4 Å². The standard InChI is InChI=1S/C65H88N12O19S2/c1-33-30-77-56(57(33)85)61(89)69-29-42(79)24-45(67-27-35-6-9-39(10-7-35)62-73-74-63(97-62)40-13-11-38(12-14-40)41-15-17-52(68-28-41)75-20-18-44(19-21-75)95-32-36-4-3-5-36)58(86)70-53(34(2)78)64(90)76-31-43(80)25-46(76)59(87)71-54(60(88)72-55(65(77)91)49(83)26-51(66)84)48(82)22-37-8-16-47(81)50(23-37)96-98(92,93)94/h8,11-17,23,28,33-36,39,42-46,48-49,53-57,67,78-83,85H,3-7,9-10,18-22,24-27,29-32H2,1-2H3,(H2,66,84)(H,69,89)(H,70,86)(H,71,87)(H,72,88)(H,92,93,94)/t33-,34+,35?,39?,42+,43+,45?,46-,48+,49+,53-,54-,55-,56-,57-/m0/s1. The maximum absolute atomic E-state index is 14.7. The van der Waals surface area contributed by atoms with E-state index in [-0.39, 0.29) is 30.5 Å². The highest BCUT2D eigenvalue weighted by Crippen LogP contribution is 2.40. The van der Waals surface area contributed by atoms with Gasteiger partial charge in [-0.1, -0.05) is 55.0 Å². The normalized spacial score (nSPS) is 28.6. The van der Waals surface area contributed by atoms with E-state index in [0.29, 0.717) is 18.9 Å². The molecule has 1 unspecified atom stereocenters. The molecular weight excluding hydrogens is 1320 g/mol. The monoisotopic (exact) mass is 1400 g/mol. The van der Waals surface area contributed by atoms with Crippen molar-refractivity contribution < 1.29 is 91.2 Å². The zero-order valence-corrected chi connectivity index (χ0v) is 56.0. The van der Waals surface area contributed by atoms with Crippen LogP contribution in [0.3, 0.4) is 0 Å². The molecule has 0 spiro atoms. The molecule has 6 heterocycles. The number of hydrogen-bond donors (Lipinski definition) is 14. The van der Waals surface area contributed by atoms with Gasteiger partial charge in [-0.15, -0.1) is 10.2 Å². The van der Waals surface area contributed by atoms with Crippen molar-refractivity contribution in [2.24, 2.45) is 23.5 Å². The number of carbonyl (C=O) groups excluding carboxylic acids is 7. The average Bonchev–Trinajstić information content (AvgIpc) is 1.64. The summed E-state index contributed by atoms with van der Waals surface area (Å²) in [6, 6.07) is 4.07. The van der Waals surface area contributed by atoms with Crippen LogP contribution in [0.5, 0.6) is 11.5 Å². The topological polar surface area (TPSA) is 468 Å². The molecule has 6 aliphatic rings. The minimum Gasteiger partial charge on any atom is -0.504 e. The van der Waals surface area contributed by atoms with Crippen LogP contribution < -0.4 is 41.4 Å². The summed E-state index contributed by atoms with van der Waals surface area (Å²) < 4.78 is 43.1. The van der Waals surface area contributed by atoms with Gasteiger partial charge in [-0.25, -0.2) is 4.98 Å². The van der Waals surface area contributed by atoms with E-state index in [1.54, 1.807) is 0 Å². The molecule has 2 aromatic heterocycles. The largest absolute Gasteiger partial charge is 0.504 e. The highest BCUT2D eigenvalue weighted by molar-refractivity contribution is 7.81. The number of piperidine rings is 1. The zero-order chi connectivity index (χ0) is 70.3. The number of nitrogens with zero attached hydrogens (tertiary/aromatic N) is 6. The molecule has 4 saturated heterocycles. The van der Waals surface area contributed by atoms with Crippen LogP contribution in [0, 0.1) is 17.8 Å². The van der Waals surface area contributed by atoms with Crippen LogP contribution in [0.1, 0.15) is 107 Å². The minimum atomic E-state index is -5.22. The number of phenols is 1. The van der Waals surface area contributed by atoms with Gasteiger partial charge >= 0.3 is 10.4 Å². The fraction of sp³-hybridized carbons (Fsp3) is 0.600. The van der Waals surface area contributed by atoms with Gasteiger partial charge in [-0.2, -0.15) is 8.42 Å². The lowest BCUT2D eigenvalue weighted by molar-refractivity contribution is -0.147. The molecule has 4 aromatic rings. The van der Waals surface area contributed by atoms with E-state index in [1.807, 2.05) is 30.5 Å². The Labute approximate surface area is 570 Å². The number of benzene rings is 2. The Morgan fingerprint density at radius 2 is 1.43 bits per heavy atom. The number of anilines is 1. The first-order valence-electron chi connectivity index (χ1n) is 33.3. The van der Waals surface area contributed by atoms with Crippen LogP contribution in [-0.4, -0.2) is 240 Å². The van der Waals surface area contributed by atoms with Gasteiger partial charge in [0.25, 0.3) is 0 Å². The van der Waals surface area contributed by atoms with E-state index < -0.39 is 181 Å². The van der Waals surface area contributed by atoms with E-state index in [1.165, 1.54) is 44.4 Å². The van der Waals surface area contributed by atoms with Gasteiger partial charge in [0.2, 0.25) is 41.4 Å². The van der Waals surface area contributed by atoms with Crippen molar-refractivity contribution in [3.8, 4) is 33.2 Å². The van der Waals surface area contributed by atoms with E-state index >= 15 is 0 Å². The van der Waals surface area contributed by atoms with Gasteiger partial charge in [0.1, 0.15) is 46.0 Å². The van der Waals surface area contributed by atoms with Crippen LogP contribution in [0.25, 0.3) is 21.7 Å². The molecule has 33 heteroatoms. The molecular formula is C65H88N12O19S2. The van der Waals surface area contributed by atoms with Crippen molar-refractivity contribution in [2.75, 3.05) is 50.8 Å². The number of β-amino-alcohol motifs (C(OH)–C–C–N with tert-alkyl or cyclic N) is 1. The van der Waals surface area contributed by atoms with E-state index in [9.17, 15) is 82.3 Å². The minimum absolute atomic E-state index is 0.0155. The van der Waals surface area contributed by atoms with Crippen molar-refractivity contribution >= 4 is 68.9 Å². The first-order chi connectivity index (χ1) is 46.7. The second kappa shape index (κ2) is 32.2. The van der Waals surface area contributed by atoms with Gasteiger partial charge in [0.05, 0.1) is 55.2 Å². The number of nitrogens with two attached hydrogens (primary N) is 1. The molecule has 98 heavy (non-hydrogen) atoms. The smallest absolute Gasteiger partial charge is 0.446 e. The number of aliphatic hydroxyl groups is 6. The zero-order valence-electron chi connectivity index (χ0n) is 54.4. The third-order valence-electron chi connectivity index (χ3n) is 19.6. The molecule has 15 N–H and O–H groups in total. The fourth-order valence-corrected chi connectivity index (χ4v) is 15.1. The molecule has 2 aliphatic carbocycles. The lowest BCUT2D eigenvalue weighted by Gasteiger charge is -2.34. The Morgan fingerprint density at radius 1 is 0.755 bits per heavy atom. The quantitative estimate of drug-likeness (QED) is 0.0495. The molecule has 0 radical (unpaired) electrons. The van der Waals surface area contributed by atoms with Gasteiger partial charge in [0.15, 0.2) is 11.5 Å². The van der Waals surface area contributed by atoms with Crippen molar-refractivity contribution in [2.45, 2.75) is 182 Å². The molecule has 0 bridgehead atoms. The first kappa shape index (κ1) is 73.2. The lowest BCUT2D eigenvalue weighted by atomic mass is 9.82. The maximum Gasteiger partial charge on any atom is 0.446 e. The second-order valence-corrected chi connectivity index (χ2v) is 28.9. The average molecular weight is 1410 g/mol. The number of pyridine rings is 1. The number of rotatable bonds is 19. The third kappa shape index (κ3) is 18.3. The van der Waals surface area contributed by atoms with Crippen LogP contribution in [0.2, 0.25) is 0 Å². The fourth-order valence-electron chi connectivity index (χ4n) is 13.7. The number of carbonyl (C=O) groups is 7. The SMILES string of the molecule is C[C@@H](O)[C@@H]1NC(=O)C(NCC2CCC(c3nnc(-c4ccc(-c5ccc(N6CCC(OCC7CCC7)CC6)nc5)cc4)s3)CC2)C[C@@H](O)CNC(=O)[C@@H]2[C@@H](O)[C@@H](C)CN2C(=O)[C@H]([C@H](O)CC(N)=O)NC(=O)[C@H]([C@H](O)Cc2ccc(O)c(OS(=O)(=O)O)c2)NC(=O)[C@@H]2C[C@@H](O)CN2C1=O. The van der Waals surface area contributed by atoms with E-state index in [0.717, 1.165) is 112 Å². The number of hydrogen-bond acceptors (Lipinski definition) is 24. The van der Waals surface area contributed by atoms with Crippen LogP contribution in [-0.2, 0) is 55.1 Å². The van der Waals surface area contributed by atoms with E-state index in [2.05, 4.69) is 58.0 Å². The molecule has 534 valence electrons. The predicted molar refractivity (Wildman–Crippen MR) is 351 cm³/mol. The summed E-state index contributed by atoms with van der Waals surface area (Å²) in [4.78, 5) is 108. The molecule has 10 rings (SSSR count). The number of aromatic hydroxyl groups is 1. The van der Waals surface area contributed by atoms with Gasteiger partial charge < -0.3 is 91.7 Å². The summed E-state index contributed by atoms with van der Waals surface area (Å²) in [6.07, 6.45) is -2.32. The van der Waals surface area contributed by atoms with Gasteiger partial charge in [-0.05, 0) is 118 Å². The van der Waals surface area contributed by atoms with Gasteiger partial charge in [-0.3, -0.25) is 38.1 Å². The highest BCUT2D eigenvalue weighted by atomic mass is 32.3. The van der Waals surface area contributed by atoms with Crippen molar-refractivity contribution in [1.29, 1.82) is 0 Å². The number of phenolic OH excluding ortho intramolecular Hbond substituents is 1. The Bertz CT molecular complexity index is 3590. The van der Waals surface area contributed by atoms with Crippen molar-refractivity contribution in [1.82, 2.24) is 51.6 Å². The third-order valence-corrected chi connectivity index (χ3v) is 21.1. The number of ether oxygens (including phenoxy) is 1. The van der Waals surface area contributed by atoms with Gasteiger partial charge in [0, 0.05) is 81.3 Å². The van der Waals surface area contributed by atoms with E-state index in [4.69, 9.17) is 15.5 Å². The summed E-state index contributed by atoms with van der Waals surface area (Å²) in [5, 5.41) is 102. The molecule has 7 amide bonds. The summed E-state index contributed by atoms with van der Waals surface area (Å²) in [6.45, 7) is 4.05. The predicted octanol–water partition coefficient (Wildman–Crippen LogP) is -1.10. The maximum atomic E-state index is 14.7. The van der Waals surface area contributed by atoms with Crippen LogP contribution in [0.4, 0.5) is 5.82 Å². The van der Waals surface area contributed by atoms with Crippen LogP contribution in [0.15, 0.2) is 60.8 Å². The highest BCUT2D eigenvalue weighted by Gasteiger charge is 2.50. The number of aromatic nitrogens is 3. The Hall–Kier alpha value is -7.57. The first-order valence-corrected chi connectivity index (χ1v) is 35.5. The number of primary amides is 1.